The van der Waals surface area contributed by atoms with E-state index in [0.717, 1.165) is 17.8 Å². The molecule has 3 rings (SSSR count). The summed E-state index contributed by atoms with van der Waals surface area (Å²) in [6.07, 6.45) is 4.33. The first-order valence-corrected chi connectivity index (χ1v) is 6.13. The Hall–Kier alpha value is -1.75. The quantitative estimate of drug-likeness (QED) is 0.896. The van der Waals surface area contributed by atoms with Crippen molar-refractivity contribution >= 4 is 0 Å². The third-order valence-electron chi connectivity index (χ3n) is 2.98. The van der Waals surface area contributed by atoms with Gasteiger partial charge in [-0.05, 0) is 43.5 Å². The third-order valence-corrected chi connectivity index (χ3v) is 2.98. The number of aryl methyl sites for hydroxylation is 1. The molecule has 1 N–H and O–H groups in total. The summed E-state index contributed by atoms with van der Waals surface area (Å²) in [6.45, 7) is 2.58. The van der Waals surface area contributed by atoms with Gasteiger partial charge in [0.25, 0.3) is 0 Å². The van der Waals surface area contributed by atoms with E-state index in [1.54, 1.807) is 4.68 Å². The lowest BCUT2D eigenvalue weighted by Crippen LogP contribution is -2.15. The summed E-state index contributed by atoms with van der Waals surface area (Å²) < 4.78 is 14.9. The molecule has 0 unspecified atom stereocenters. The van der Waals surface area contributed by atoms with Crippen LogP contribution in [0.15, 0.2) is 24.4 Å². The maximum absolute atomic E-state index is 13.3. The van der Waals surface area contributed by atoms with E-state index in [2.05, 4.69) is 15.6 Å². The van der Waals surface area contributed by atoms with Crippen LogP contribution >= 0.6 is 0 Å². The van der Waals surface area contributed by atoms with Gasteiger partial charge in [-0.25, -0.2) is 9.07 Å². The van der Waals surface area contributed by atoms with Crippen LogP contribution in [0.2, 0.25) is 0 Å². The van der Waals surface area contributed by atoms with Crippen LogP contribution in [-0.2, 0) is 6.54 Å². The Morgan fingerprint density at radius 3 is 2.94 bits per heavy atom. The highest BCUT2D eigenvalue weighted by Crippen LogP contribution is 2.19. The number of nitrogens with zero attached hydrogens (tertiary/aromatic N) is 3. The minimum Gasteiger partial charge on any atom is -0.308 e. The van der Waals surface area contributed by atoms with Gasteiger partial charge in [0.2, 0.25) is 0 Å². The lowest BCUT2D eigenvalue weighted by molar-refractivity contribution is 0.623. The molecule has 0 spiro atoms. The average Bonchev–Trinajstić information content (AvgIpc) is 3.02. The predicted octanol–water partition coefficient (Wildman–Crippen LogP) is 1.97. The minimum atomic E-state index is -0.252. The highest BCUT2D eigenvalue weighted by molar-refractivity contribution is 5.35. The number of aromatic nitrogens is 3. The summed E-state index contributed by atoms with van der Waals surface area (Å²) in [5.41, 5.74) is 2.46. The average molecular weight is 246 g/mol. The summed E-state index contributed by atoms with van der Waals surface area (Å²) in [5.74, 6) is -0.252. The van der Waals surface area contributed by atoms with E-state index in [9.17, 15) is 4.39 Å². The summed E-state index contributed by atoms with van der Waals surface area (Å²) in [5, 5.41) is 11.5. The Balaban J connectivity index is 1.78. The van der Waals surface area contributed by atoms with E-state index in [1.165, 1.54) is 25.0 Å². The molecule has 0 atom stereocenters. The molecule has 18 heavy (non-hydrogen) atoms. The lowest BCUT2D eigenvalue weighted by Gasteiger charge is -2.02. The Morgan fingerprint density at radius 1 is 1.39 bits per heavy atom. The number of benzene rings is 1. The largest absolute Gasteiger partial charge is 0.308 e. The molecule has 1 aromatic heterocycles. The fourth-order valence-electron chi connectivity index (χ4n) is 1.89. The number of halogens is 1. The van der Waals surface area contributed by atoms with Crippen LogP contribution in [0.25, 0.3) is 5.69 Å². The second-order valence-electron chi connectivity index (χ2n) is 4.80. The van der Waals surface area contributed by atoms with Crippen LogP contribution < -0.4 is 5.32 Å². The molecule has 0 amide bonds. The molecule has 1 fully saturated rings. The van der Waals surface area contributed by atoms with Gasteiger partial charge in [0.15, 0.2) is 0 Å². The van der Waals surface area contributed by atoms with Gasteiger partial charge in [-0.1, -0.05) is 5.21 Å². The van der Waals surface area contributed by atoms with Gasteiger partial charge >= 0.3 is 0 Å². The second-order valence-corrected chi connectivity index (χ2v) is 4.80. The number of rotatable bonds is 4. The zero-order valence-electron chi connectivity index (χ0n) is 10.2. The minimum absolute atomic E-state index is 0.252. The van der Waals surface area contributed by atoms with E-state index < -0.39 is 0 Å². The molecule has 1 heterocycles. The summed E-state index contributed by atoms with van der Waals surface area (Å²) in [7, 11) is 0. The van der Waals surface area contributed by atoms with Gasteiger partial charge < -0.3 is 5.32 Å². The van der Waals surface area contributed by atoms with Gasteiger partial charge in [0.1, 0.15) is 5.82 Å². The molecule has 2 aromatic rings. The molecule has 1 aliphatic rings. The molecule has 1 aromatic carbocycles. The van der Waals surface area contributed by atoms with E-state index in [1.807, 2.05) is 19.2 Å². The van der Waals surface area contributed by atoms with Crippen molar-refractivity contribution in [1.82, 2.24) is 20.3 Å². The maximum Gasteiger partial charge on any atom is 0.125 e. The zero-order valence-corrected chi connectivity index (χ0v) is 10.2. The van der Waals surface area contributed by atoms with Crippen molar-refractivity contribution in [3.8, 4) is 5.69 Å². The number of nitrogens with one attached hydrogen (secondary N) is 1. The van der Waals surface area contributed by atoms with Crippen molar-refractivity contribution in [2.75, 3.05) is 0 Å². The normalized spacial score (nSPS) is 15.0. The molecule has 5 heteroatoms. The molecular formula is C13H15FN4. The van der Waals surface area contributed by atoms with Crippen LogP contribution in [0.4, 0.5) is 4.39 Å². The maximum atomic E-state index is 13.3. The predicted molar refractivity (Wildman–Crippen MR) is 65.9 cm³/mol. The van der Waals surface area contributed by atoms with E-state index >= 15 is 0 Å². The standard InChI is InChI=1S/C13H15FN4/c1-9-4-10(14)6-13(5-9)18-8-12(16-17-18)7-15-11-2-3-11/h4-6,8,11,15H,2-3,7H2,1H3. The van der Waals surface area contributed by atoms with Crippen LogP contribution in [0.3, 0.4) is 0 Å². The van der Waals surface area contributed by atoms with Crippen molar-refractivity contribution < 1.29 is 4.39 Å². The first kappa shape index (κ1) is 11.3. The first-order chi connectivity index (χ1) is 8.70. The summed E-state index contributed by atoms with van der Waals surface area (Å²) in [6, 6.07) is 5.48. The molecule has 0 bridgehead atoms. The van der Waals surface area contributed by atoms with Gasteiger partial charge in [-0.15, -0.1) is 5.10 Å². The molecule has 0 saturated heterocycles. The fraction of sp³-hybridized carbons (Fsp3) is 0.385. The Bertz CT molecular complexity index is 540. The van der Waals surface area contributed by atoms with E-state index in [0.29, 0.717) is 11.7 Å². The smallest absolute Gasteiger partial charge is 0.125 e. The topological polar surface area (TPSA) is 42.7 Å². The second kappa shape index (κ2) is 4.49. The Morgan fingerprint density at radius 2 is 2.22 bits per heavy atom. The van der Waals surface area contributed by atoms with Crippen molar-refractivity contribution in [3.63, 3.8) is 0 Å². The van der Waals surface area contributed by atoms with Crippen molar-refractivity contribution in [2.24, 2.45) is 0 Å². The van der Waals surface area contributed by atoms with Crippen molar-refractivity contribution in [3.05, 3.63) is 41.5 Å². The molecule has 4 nitrogen and oxygen atoms in total. The van der Waals surface area contributed by atoms with E-state index in [4.69, 9.17) is 0 Å². The van der Waals surface area contributed by atoms with E-state index in [-0.39, 0.29) is 5.82 Å². The molecule has 94 valence electrons. The SMILES string of the molecule is Cc1cc(F)cc(-n2cc(CNC3CC3)nn2)c1. The number of hydrogen-bond donors (Lipinski definition) is 1. The Labute approximate surface area is 105 Å². The first-order valence-electron chi connectivity index (χ1n) is 6.13. The van der Waals surface area contributed by atoms with Gasteiger partial charge in [0, 0.05) is 12.6 Å². The number of hydrogen-bond acceptors (Lipinski definition) is 3. The molecule has 1 aliphatic carbocycles. The molecule has 0 radical (unpaired) electrons. The van der Waals surface area contributed by atoms with Crippen molar-refractivity contribution in [1.29, 1.82) is 0 Å². The highest BCUT2D eigenvalue weighted by atomic mass is 19.1. The highest BCUT2D eigenvalue weighted by Gasteiger charge is 2.20. The summed E-state index contributed by atoms with van der Waals surface area (Å²) in [4.78, 5) is 0. The molecule has 1 saturated carbocycles. The van der Waals surface area contributed by atoms with Gasteiger partial charge in [-0.2, -0.15) is 0 Å². The zero-order chi connectivity index (χ0) is 12.5. The molecular weight excluding hydrogens is 231 g/mol. The van der Waals surface area contributed by atoms with Gasteiger partial charge in [-0.3, -0.25) is 0 Å². The molecule has 0 aliphatic heterocycles. The summed E-state index contributed by atoms with van der Waals surface area (Å²) >= 11 is 0. The lowest BCUT2D eigenvalue weighted by atomic mass is 10.2. The van der Waals surface area contributed by atoms with Crippen LogP contribution in [-0.4, -0.2) is 21.0 Å². The van der Waals surface area contributed by atoms with Crippen LogP contribution in [0.1, 0.15) is 24.1 Å². The monoisotopic (exact) mass is 246 g/mol. The van der Waals surface area contributed by atoms with Crippen LogP contribution in [0, 0.1) is 12.7 Å². The van der Waals surface area contributed by atoms with Crippen molar-refractivity contribution in [2.45, 2.75) is 32.4 Å². The third kappa shape index (κ3) is 2.56. The fourth-order valence-corrected chi connectivity index (χ4v) is 1.89. The van der Waals surface area contributed by atoms with Gasteiger partial charge in [0.05, 0.1) is 17.6 Å². The van der Waals surface area contributed by atoms with Crippen LogP contribution in [0.5, 0.6) is 0 Å². The Kier molecular flexibility index (Phi) is 2.83.